The third kappa shape index (κ3) is 4.98. The summed E-state index contributed by atoms with van der Waals surface area (Å²) in [5.74, 6) is -1.13. The molecule has 0 spiro atoms. The number of nitrogens with zero attached hydrogens (tertiary/aromatic N) is 1. The van der Waals surface area contributed by atoms with E-state index in [9.17, 15) is 14.7 Å². The maximum atomic E-state index is 11.9. The Morgan fingerprint density at radius 1 is 1.41 bits per heavy atom. The molecular formula is C15H24N2O4S. The Morgan fingerprint density at radius 2 is 2.05 bits per heavy atom. The zero-order valence-electron chi connectivity index (χ0n) is 13.7. The van der Waals surface area contributed by atoms with E-state index in [4.69, 9.17) is 4.74 Å². The van der Waals surface area contributed by atoms with Crippen LogP contribution in [0.2, 0.25) is 0 Å². The van der Waals surface area contributed by atoms with Crippen LogP contribution in [0.4, 0.5) is 4.79 Å². The number of carbonyl (C=O) groups excluding carboxylic acids is 1. The van der Waals surface area contributed by atoms with Gasteiger partial charge in [0.05, 0.1) is 10.4 Å². The van der Waals surface area contributed by atoms with Gasteiger partial charge >= 0.3 is 12.1 Å². The standard InChI is InChI=1S/C15H24N2O4S/c1-10(2)15(12(18)19,8-11-16-6-7-22-11)9-17-13(20)21-14(3,4)5/h6-7,10H,8-9H2,1-5H3,(H,17,20)(H,18,19). The Balaban J connectivity index is 2.87. The quantitative estimate of drug-likeness (QED) is 0.838. The first-order valence-corrected chi connectivity index (χ1v) is 8.03. The summed E-state index contributed by atoms with van der Waals surface area (Å²) in [5, 5.41) is 14.9. The van der Waals surface area contributed by atoms with Crippen LogP contribution in [0, 0.1) is 11.3 Å². The van der Waals surface area contributed by atoms with E-state index in [2.05, 4.69) is 10.3 Å². The molecule has 1 rings (SSSR count). The van der Waals surface area contributed by atoms with Crippen molar-refractivity contribution in [3.8, 4) is 0 Å². The summed E-state index contributed by atoms with van der Waals surface area (Å²) >= 11 is 1.41. The van der Waals surface area contributed by atoms with Crippen LogP contribution in [0.1, 0.15) is 39.6 Å². The maximum Gasteiger partial charge on any atom is 0.407 e. The molecule has 7 heteroatoms. The number of amides is 1. The van der Waals surface area contributed by atoms with Gasteiger partial charge in [-0.3, -0.25) is 4.79 Å². The molecule has 0 aliphatic carbocycles. The highest BCUT2D eigenvalue weighted by Gasteiger charge is 2.43. The smallest absolute Gasteiger partial charge is 0.407 e. The summed E-state index contributed by atoms with van der Waals surface area (Å²) in [7, 11) is 0. The van der Waals surface area contributed by atoms with Crippen molar-refractivity contribution in [1.29, 1.82) is 0 Å². The van der Waals surface area contributed by atoms with Gasteiger partial charge < -0.3 is 15.2 Å². The predicted octanol–water partition coefficient (Wildman–Crippen LogP) is 2.94. The minimum absolute atomic E-state index is 0.00546. The van der Waals surface area contributed by atoms with Gasteiger partial charge in [-0.25, -0.2) is 9.78 Å². The lowest BCUT2D eigenvalue weighted by molar-refractivity contribution is -0.151. The fraction of sp³-hybridized carbons (Fsp3) is 0.667. The van der Waals surface area contributed by atoms with Crippen LogP contribution in [0.25, 0.3) is 0 Å². The van der Waals surface area contributed by atoms with E-state index >= 15 is 0 Å². The highest BCUT2D eigenvalue weighted by Crippen LogP contribution is 2.32. The molecule has 1 atom stereocenters. The third-order valence-corrected chi connectivity index (χ3v) is 4.21. The Kier molecular flexibility index (Phi) is 5.93. The zero-order chi connectivity index (χ0) is 17.0. The van der Waals surface area contributed by atoms with Crippen molar-refractivity contribution >= 4 is 23.4 Å². The molecular weight excluding hydrogens is 304 g/mol. The number of aliphatic carboxylic acids is 1. The Bertz CT molecular complexity index is 508. The molecule has 0 saturated carbocycles. The van der Waals surface area contributed by atoms with E-state index < -0.39 is 23.1 Å². The second kappa shape index (κ2) is 7.09. The number of carbonyl (C=O) groups is 2. The summed E-state index contributed by atoms with van der Waals surface area (Å²) in [6, 6.07) is 0. The molecule has 2 N–H and O–H groups in total. The SMILES string of the molecule is CC(C)C(CNC(=O)OC(C)(C)C)(Cc1nccs1)C(=O)O. The second-order valence-corrected chi connectivity index (χ2v) is 7.55. The van der Waals surface area contributed by atoms with E-state index in [1.807, 2.05) is 19.2 Å². The number of aromatic nitrogens is 1. The van der Waals surface area contributed by atoms with Gasteiger partial charge in [-0.15, -0.1) is 11.3 Å². The first kappa shape index (κ1) is 18.4. The lowest BCUT2D eigenvalue weighted by Gasteiger charge is -2.33. The Labute approximate surface area is 134 Å². The number of alkyl carbamates (subject to hydrolysis) is 1. The molecule has 0 aliphatic rings. The van der Waals surface area contributed by atoms with E-state index in [-0.39, 0.29) is 18.9 Å². The second-order valence-electron chi connectivity index (χ2n) is 6.57. The molecule has 0 bridgehead atoms. The minimum Gasteiger partial charge on any atom is -0.481 e. The Morgan fingerprint density at radius 3 is 2.45 bits per heavy atom. The van der Waals surface area contributed by atoms with Crippen molar-refractivity contribution in [3.05, 3.63) is 16.6 Å². The van der Waals surface area contributed by atoms with Crippen LogP contribution in [-0.4, -0.2) is 34.3 Å². The molecule has 0 saturated heterocycles. The van der Waals surface area contributed by atoms with Gasteiger partial charge in [0, 0.05) is 24.5 Å². The molecule has 0 fully saturated rings. The molecule has 1 aromatic rings. The lowest BCUT2D eigenvalue weighted by atomic mass is 9.74. The van der Waals surface area contributed by atoms with Crippen molar-refractivity contribution in [1.82, 2.24) is 10.3 Å². The van der Waals surface area contributed by atoms with Crippen LogP contribution in [-0.2, 0) is 16.0 Å². The van der Waals surface area contributed by atoms with Crippen molar-refractivity contribution in [3.63, 3.8) is 0 Å². The summed E-state index contributed by atoms with van der Waals surface area (Å²) in [6.07, 6.45) is 1.31. The normalized spacial score (nSPS) is 14.5. The first-order valence-electron chi connectivity index (χ1n) is 7.15. The van der Waals surface area contributed by atoms with Gasteiger partial charge in [0.2, 0.25) is 0 Å². The Hall–Kier alpha value is -1.63. The largest absolute Gasteiger partial charge is 0.481 e. The van der Waals surface area contributed by atoms with Crippen LogP contribution >= 0.6 is 11.3 Å². The van der Waals surface area contributed by atoms with E-state index in [0.717, 1.165) is 5.01 Å². The molecule has 1 heterocycles. The van der Waals surface area contributed by atoms with E-state index in [1.54, 1.807) is 27.0 Å². The van der Waals surface area contributed by atoms with Gasteiger partial charge in [-0.2, -0.15) is 0 Å². The van der Waals surface area contributed by atoms with Crippen molar-refractivity contribution in [2.24, 2.45) is 11.3 Å². The molecule has 124 valence electrons. The highest BCUT2D eigenvalue weighted by molar-refractivity contribution is 7.09. The topological polar surface area (TPSA) is 88.5 Å². The molecule has 0 aromatic carbocycles. The highest BCUT2D eigenvalue weighted by atomic mass is 32.1. The average Bonchev–Trinajstić information content (AvgIpc) is 2.84. The van der Waals surface area contributed by atoms with Crippen molar-refractivity contribution < 1.29 is 19.4 Å². The maximum absolute atomic E-state index is 11.9. The summed E-state index contributed by atoms with van der Waals surface area (Å²) in [6.45, 7) is 8.94. The first-order chi connectivity index (χ1) is 10.1. The van der Waals surface area contributed by atoms with E-state index in [0.29, 0.717) is 0 Å². The summed E-state index contributed by atoms with van der Waals surface area (Å²) in [4.78, 5) is 27.8. The molecule has 1 unspecified atom stereocenters. The van der Waals surface area contributed by atoms with Gasteiger partial charge in [0.15, 0.2) is 0 Å². The minimum atomic E-state index is -1.12. The van der Waals surface area contributed by atoms with Crippen LogP contribution in [0.15, 0.2) is 11.6 Å². The number of hydrogen-bond donors (Lipinski definition) is 2. The fourth-order valence-electron chi connectivity index (χ4n) is 2.02. The monoisotopic (exact) mass is 328 g/mol. The van der Waals surface area contributed by atoms with Crippen LogP contribution in [0.5, 0.6) is 0 Å². The lowest BCUT2D eigenvalue weighted by Crippen LogP contribution is -2.49. The molecule has 22 heavy (non-hydrogen) atoms. The number of carboxylic acid groups (broad SMARTS) is 1. The number of ether oxygens (including phenoxy) is 1. The van der Waals surface area contributed by atoms with Gasteiger partial charge in [0.1, 0.15) is 5.60 Å². The van der Waals surface area contributed by atoms with E-state index in [1.165, 1.54) is 11.3 Å². The predicted molar refractivity (Wildman–Crippen MR) is 85.0 cm³/mol. The summed E-state index contributed by atoms with van der Waals surface area (Å²) < 4.78 is 5.17. The number of thiazole rings is 1. The number of hydrogen-bond acceptors (Lipinski definition) is 5. The van der Waals surface area contributed by atoms with Gasteiger partial charge in [-0.05, 0) is 26.7 Å². The number of nitrogens with one attached hydrogen (secondary N) is 1. The molecule has 6 nitrogen and oxygen atoms in total. The fourth-order valence-corrected chi connectivity index (χ4v) is 2.76. The third-order valence-electron chi connectivity index (χ3n) is 3.43. The van der Waals surface area contributed by atoms with Gasteiger partial charge in [-0.1, -0.05) is 13.8 Å². The van der Waals surface area contributed by atoms with Crippen molar-refractivity contribution in [2.45, 2.75) is 46.6 Å². The summed E-state index contributed by atoms with van der Waals surface area (Å²) in [5.41, 5.74) is -1.74. The van der Waals surface area contributed by atoms with Crippen LogP contribution in [0.3, 0.4) is 0 Å². The van der Waals surface area contributed by atoms with Gasteiger partial charge in [0.25, 0.3) is 0 Å². The van der Waals surface area contributed by atoms with Crippen molar-refractivity contribution in [2.75, 3.05) is 6.54 Å². The molecule has 1 aromatic heterocycles. The average molecular weight is 328 g/mol. The molecule has 1 amide bonds. The zero-order valence-corrected chi connectivity index (χ0v) is 14.5. The molecule has 0 aliphatic heterocycles. The van der Waals surface area contributed by atoms with Crippen LogP contribution < -0.4 is 5.32 Å². The number of carboxylic acids is 1. The number of rotatable bonds is 6. The molecule has 0 radical (unpaired) electrons.